The van der Waals surface area contributed by atoms with Crippen molar-refractivity contribution >= 4 is 27.4 Å². The number of piperidine rings is 1. The molecule has 1 saturated heterocycles. The Hall–Kier alpha value is -1.20. The maximum atomic E-state index is 4.49. The van der Waals surface area contributed by atoms with E-state index in [9.17, 15) is 0 Å². The first kappa shape index (κ1) is 11.9. The maximum Gasteiger partial charge on any atom is 0.150 e. The molecular weight excluding hydrogens is 244 g/mol. The number of nitrogens with one attached hydrogen (secondary N) is 1. The summed E-state index contributed by atoms with van der Waals surface area (Å²) in [4.78, 5) is 11.2. The molecule has 0 saturated carbocycles. The summed E-state index contributed by atoms with van der Waals surface area (Å²) >= 11 is 1.75. The van der Waals surface area contributed by atoms with Crippen LogP contribution in [0.2, 0.25) is 0 Å². The lowest BCUT2D eigenvalue weighted by Gasteiger charge is -2.32. The van der Waals surface area contributed by atoms with Crippen molar-refractivity contribution in [3.63, 3.8) is 0 Å². The van der Waals surface area contributed by atoms with Crippen LogP contribution in [0.25, 0.3) is 10.2 Å². The van der Waals surface area contributed by atoms with E-state index >= 15 is 0 Å². The van der Waals surface area contributed by atoms with Gasteiger partial charge in [-0.1, -0.05) is 0 Å². The maximum absolute atomic E-state index is 4.49. The van der Waals surface area contributed by atoms with Gasteiger partial charge >= 0.3 is 0 Å². The third kappa shape index (κ3) is 1.97. The molecule has 1 aliphatic heterocycles. The average molecular weight is 262 g/mol. The van der Waals surface area contributed by atoms with Crippen LogP contribution in [-0.4, -0.2) is 36.1 Å². The van der Waals surface area contributed by atoms with Crippen molar-refractivity contribution in [2.75, 3.05) is 25.0 Å². The van der Waals surface area contributed by atoms with Gasteiger partial charge in [0.2, 0.25) is 0 Å². The van der Waals surface area contributed by atoms with Gasteiger partial charge in [0.25, 0.3) is 0 Å². The molecule has 3 heterocycles. The summed E-state index contributed by atoms with van der Waals surface area (Å²) in [7, 11) is 2.15. The number of aryl methyl sites for hydroxylation is 1. The summed E-state index contributed by atoms with van der Waals surface area (Å²) in [5, 5.41) is 5.62. The number of hydrogen-bond donors (Lipinski definition) is 1. The zero-order valence-corrected chi connectivity index (χ0v) is 11.6. The Morgan fingerprint density at radius 1 is 1.44 bits per heavy atom. The summed E-state index contributed by atoms with van der Waals surface area (Å²) in [5.74, 6) is 1.08. The second kappa shape index (κ2) is 4.82. The number of nitrogens with zero attached hydrogens (tertiary/aromatic N) is 3. The second-order valence-corrected chi connectivity index (χ2v) is 5.78. The van der Waals surface area contributed by atoms with Crippen LogP contribution in [0, 0.1) is 6.92 Å². The van der Waals surface area contributed by atoms with Crippen molar-refractivity contribution in [3.05, 3.63) is 17.3 Å². The molecule has 2 aromatic rings. The first-order valence-corrected chi connectivity index (χ1v) is 7.27. The van der Waals surface area contributed by atoms with Gasteiger partial charge in [-0.05, 0) is 37.3 Å². The summed E-state index contributed by atoms with van der Waals surface area (Å²) in [5.41, 5.74) is 2.34. The lowest BCUT2D eigenvalue weighted by molar-refractivity contribution is 0.444. The molecule has 0 spiro atoms. The predicted octanol–water partition coefficient (Wildman–Crippen LogP) is 2.19. The normalized spacial score (nSPS) is 20.2. The Labute approximate surface area is 111 Å². The molecule has 5 heteroatoms. The SMILES string of the molecule is Cc1csc2c(N(C)C3CCCNC3)ncnc12. The monoisotopic (exact) mass is 262 g/mol. The van der Waals surface area contributed by atoms with Crippen LogP contribution in [0.1, 0.15) is 18.4 Å². The molecule has 4 nitrogen and oxygen atoms in total. The first-order valence-electron chi connectivity index (χ1n) is 6.39. The molecule has 1 unspecified atom stereocenters. The van der Waals surface area contributed by atoms with Crippen molar-refractivity contribution in [3.8, 4) is 0 Å². The minimum Gasteiger partial charge on any atom is -0.354 e. The molecule has 0 aliphatic carbocycles. The third-order valence-corrected chi connectivity index (χ3v) is 4.75. The van der Waals surface area contributed by atoms with E-state index in [0.717, 1.165) is 24.4 Å². The van der Waals surface area contributed by atoms with Crippen molar-refractivity contribution in [1.29, 1.82) is 0 Å². The van der Waals surface area contributed by atoms with Crippen LogP contribution in [0.4, 0.5) is 5.82 Å². The predicted molar refractivity (Wildman–Crippen MR) is 76.4 cm³/mol. The van der Waals surface area contributed by atoms with E-state index in [0.29, 0.717) is 6.04 Å². The van der Waals surface area contributed by atoms with Crippen LogP contribution in [0.5, 0.6) is 0 Å². The lowest BCUT2D eigenvalue weighted by atomic mass is 10.1. The zero-order chi connectivity index (χ0) is 12.5. The highest BCUT2D eigenvalue weighted by Crippen LogP contribution is 2.31. The summed E-state index contributed by atoms with van der Waals surface area (Å²) in [6, 6.07) is 0.541. The van der Waals surface area contributed by atoms with Gasteiger partial charge in [0, 0.05) is 19.6 Å². The largest absolute Gasteiger partial charge is 0.354 e. The Balaban J connectivity index is 1.97. The van der Waals surface area contributed by atoms with Crippen molar-refractivity contribution in [2.45, 2.75) is 25.8 Å². The smallest absolute Gasteiger partial charge is 0.150 e. The number of aromatic nitrogens is 2. The molecule has 1 aliphatic rings. The molecule has 0 radical (unpaired) electrons. The molecular formula is C13H18N4S. The molecule has 0 aromatic carbocycles. The van der Waals surface area contributed by atoms with Gasteiger partial charge in [0.05, 0.1) is 10.2 Å². The van der Waals surface area contributed by atoms with Gasteiger partial charge in [-0.3, -0.25) is 0 Å². The molecule has 1 atom stereocenters. The third-order valence-electron chi connectivity index (χ3n) is 3.66. The van der Waals surface area contributed by atoms with E-state index in [1.807, 2.05) is 0 Å². The molecule has 2 aromatic heterocycles. The second-order valence-electron chi connectivity index (χ2n) is 4.90. The van der Waals surface area contributed by atoms with E-state index in [1.165, 1.54) is 23.1 Å². The summed E-state index contributed by atoms with van der Waals surface area (Å²) < 4.78 is 1.21. The molecule has 1 N–H and O–H groups in total. The number of fused-ring (bicyclic) bond motifs is 1. The fourth-order valence-corrected chi connectivity index (χ4v) is 3.58. The Morgan fingerprint density at radius 2 is 2.33 bits per heavy atom. The fraction of sp³-hybridized carbons (Fsp3) is 0.538. The quantitative estimate of drug-likeness (QED) is 0.900. The van der Waals surface area contributed by atoms with Crippen molar-refractivity contribution in [1.82, 2.24) is 15.3 Å². The summed E-state index contributed by atoms with van der Waals surface area (Å²) in [6.45, 7) is 4.30. The number of hydrogen-bond acceptors (Lipinski definition) is 5. The Morgan fingerprint density at radius 3 is 3.11 bits per heavy atom. The van der Waals surface area contributed by atoms with Crippen LogP contribution in [0.15, 0.2) is 11.7 Å². The van der Waals surface area contributed by atoms with Crippen LogP contribution in [0.3, 0.4) is 0 Å². The highest BCUT2D eigenvalue weighted by molar-refractivity contribution is 7.18. The van der Waals surface area contributed by atoms with Gasteiger partial charge in [0.15, 0.2) is 0 Å². The molecule has 18 heavy (non-hydrogen) atoms. The molecule has 0 bridgehead atoms. The molecule has 3 rings (SSSR count). The highest BCUT2D eigenvalue weighted by Gasteiger charge is 2.21. The van der Waals surface area contributed by atoms with E-state index in [1.54, 1.807) is 17.7 Å². The van der Waals surface area contributed by atoms with E-state index in [-0.39, 0.29) is 0 Å². The van der Waals surface area contributed by atoms with E-state index in [2.05, 4.69) is 39.5 Å². The van der Waals surface area contributed by atoms with Gasteiger partial charge in [-0.15, -0.1) is 11.3 Å². The Bertz CT molecular complexity index is 545. The molecule has 96 valence electrons. The van der Waals surface area contributed by atoms with E-state index < -0.39 is 0 Å². The number of likely N-dealkylation sites (N-methyl/N-ethyl adjacent to an activating group) is 1. The lowest BCUT2D eigenvalue weighted by Crippen LogP contribution is -2.44. The Kier molecular flexibility index (Phi) is 3.18. The van der Waals surface area contributed by atoms with Crippen molar-refractivity contribution in [2.24, 2.45) is 0 Å². The van der Waals surface area contributed by atoms with Crippen LogP contribution in [-0.2, 0) is 0 Å². The van der Waals surface area contributed by atoms with Gasteiger partial charge < -0.3 is 10.2 Å². The van der Waals surface area contributed by atoms with Crippen LogP contribution < -0.4 is 10.2 Å². The van der Waals surface area contributed by atoms with Crippen molar-refractivity contribution < 1.29 is 0 Å². The molecule has 0 amide bonds. The molecule has 1 fully saturated rings. The minimum atomic E-state index is 0.541. The average Bonchev–Trinajstić information content (AvgIpc) is 2.81. The van der Waals surface area contributed by atoms with Gasteiger partial charge in [-0.25, -0.2) is 9.97 Å². The zero-order valence-electron chi connectivity index (χ0n) is 10.8. The van der Waals surface area contributed by atoms with Gasteiger partial charge in [0.1, 0.15) is 12.1 Å². The van der Waals surface area contributed by atoms with Gasteiger partial charge in [-0.2, -0.15) is 0 Å². The minimum absolute atomic E-state index is 0.541. The van der Waals surface area contributed by atoms with Crippen LogP contribution >= 0.6 is 11.3 Å². The topological polar surface area (TPSA) is 41.0 Å². The number of thiophene rings is 1. The highest BCUT2D eigenvalue weighted by atomic mass is 32.1. The van der Waals surface area contributed by atoms with E-state index in [4.69, 9.17) is 0 Å². The fourth-order valence-electron chi connectivity index (χ4n) is 2.55. The standard InChI is InChI=1S/C13H18N4S/c1-9-7-18-12-11(9)15-8-16-13(12)17(2)10-4-3-5-14-6-10/h7-8,10,14H,3-6H2,1-2H3. The summed E-state index contributed by atoms with van der Waals surface area (Å²) in [6.07, 6.45) is 4.16. The first-order chi connectivity index (χ1) is 8.77. The number of rotatable bonds is 2. The number of anilines is 1.